The van der Waals surface area contributed by atoms with Crippen LogP contribution in [0.1, 0.15) is 20.8 Å². The van der Waals surface area contributed by atoms with E-state index in [1.807, 2.05) is 13.8 Å². The Labute approximate surface area is 160 Å². The molecule has 0 unspecified atom stereocenters. The Morgan fingerprint density at radius 3 is 2.50 bits per heavy atom. The third-order valence-electron chi connectivity index (χ3n) is 3.15. The van der Waals surface area contributed by atoms with E-state index in [-0.39, 0.29) is 10.8 Å². The Hall–Kier alpha value is -1.72. The largest absolute Gasteiger partial charge is 0.299 e. The molecular formula is C15H19FN4O3S3. The zero-order valence-electron chi connectivity index (χ0n) is 14.6. The van der Waals surface area contributed by atoms with Crippen molar-refractivity contribution in [3.05, 3.63) is 30.1 Å². The van der Waals surface area contributed by atoms with Crippen molar-refractivity contribution in [3.63, 3.8) is 0 Å². The Balaban J connectivity index is 2.23. The molecule has 7 nitrogen and oxygen atoms in total. The summed E-state index contributed by atoms with van der Waals surface area (Å²) in [5, 5.41) is 10.9. The van der Waals surface area contributed by atoms with Gasteiger partial charge in [0.15, 0.2) is 4.34 Å². The van der Waals surface area contributed by atoms with Crippen molar-refractivity contribution in [2.75, 3.05) is 15.9 Å². The summed E-state index contributed by atoms with van der Waals surface area (Å²) in [6.45, 7) is 5.39. The highest BCUT2D eigenvalue weighted by Gasteiger charge is 2.31. The first kappa shape index (κ1) is 20.6. The fourth-order valence-corrected chi connectivity index (χ4v) is 5.28. The number of benzene rings is 1. The zero-order chi connectivity index (χ0) is 19.5. The number of carbonyl (C=O) groups is 1. The number of sulfonamides is 1. The number of nitrogens with zero attached hydrogens (tertiary/aromatic N) is 3. The Morgan fingerprint density at radius 1 is 1.27 bits per heavy atom. The van der Waals surface area contributed by atoms with Crippen LogP contribution in [0.15, 0.2) is 28.6 Å². The van der Waals surface area contributed by atoms with Crippen LogP contribution in [0.25, 0.3) is 0 Å². The van der Waals surface area contributed by atoms with Gasteiger partial charge in [0.1, 0.15) is 11.9 Å². The summed E-state index contributed by atoms with van der Waals surface area (Å²) < 4.78 is 39.8. The summed E-state index contributed by atoms with van der Waals surface area (Å²) in [7, 11) is -3.89. The molecule has 11 heteroatoms. The number of hydrogen-bond donors (Lipinski definition) is 1. The van der Waals surface area contributed by atoms with Gasteiger partial charge in [0.2, 0.25) is 21.1 Å². The van der Waals surface area contributed by atoms with Crippen molar-refractivity contribution in [1.29, 1.82) is 0 Å². The molecule has 0 aliphatic heterocycles. The van der Waals surface area contributed by atoms with Gasteiger partial charge in [-0.25, -0.2) is 12.8 Å². The lowest BCUT2D eigenvalue weighted by Gasteiger charge is -2.28. The maximum absolute atomic E-state index is 14.1. The SMILES string of the molecule is CC(C)Sc1nnc(NC(=O)[C@@H](C)N(c2ccccc2F)S(C)(=O)=O)s1. The van der Waals surface area contributed by atoms with Crippen LogP contribution in [-0.2, 0) is 14.8 Å². The van der Waals surface area contributed by atoms with Crippen molar-refractivity contribution in [2.45, 2.75) is 36.4 Å². The number of halogens is 1. The van der Waals surface area contributed by atoms with Crippen LogP contribution in [0.5, 0.6) is 0 Å². The minimum atomic E-state index is -3.89. The summed E-state index contributed by atoms with van der Waals surface area (Å²) >= 11 is 2.69. The molecule has 1 amide bonds. The highest BCUT2D eigenvalue weighted by atomic mass is 32.2. The van der Waals surface area contributed by atoms with E-state index in [2.05, 4.69) is 15.5 Å². The second kappa shape index (κ2) is 8.31. The number of hydrogen-bond acceptors (Lipinski definition) is 7. The Kier molecular flexibility index (Phi) is 6.58. The van der Waals surface area contributed by atoms with Gasteiger partial charge < -0.3 is 0 Å². The van der Waals surface area contributed by atoms with Crippen LogP contribution in [0.3, 0.4) is 0 Å². The molecule has 1 aromatic carbocycles. The van der Waals surface area contributed by atoms with Gasteiger partial charge in [-0.1, -0.05) is 49.1 Å². The zero-order valence-corrected chi connectivity index (χ0v) is 17.1. The van der Waals surface area contributed by atoms with Crippen LogP contribution in [0.4, 0.5) is 15.2 Å². The predicted molar refractivity (Wildman–Crippen MR) is 103 cm³/mol. The molecule has 0 aliphatic rings. The van der Waals surface area contributed by atoms with E-state index in [1.54, 1.807) is 0 Å². The molecule has 26 heavy (non-hydrogen) atoms. The second-order valence-electron chi connectivity index (χ2n) is 5.72. The lowest BCUT2D eigenvalue weighted by molar-refractivity contribution is -0.116. The summed E-state index contributed by atoms with van der Waals surface area (Å²) in [6.07, 6.45) is 0.922. The van der Waals surface area contributed by atoms with Crippen LogP contribution in [0, 0.1) is 5.82 Å². The molecule has 0 spiro atoms. The van der Waals surface area contributed by atoms with Crippen molar-refractivity contribution in [2.24, 2.45) is 0 Å². The Bertz CT molecular complexity index is 886. The topological polar surface area (TPSA) is 92.3 Å². The van der Waals surface area contributed by atoms with Crippen LogP contribution < -0.4 is 9.62 Å². The van der Waals surface area contributed by atoms with Crippen molar-refractivity contribution >= 4 is 49.8 Å². The van der Waals surface area contributed by atoms with E-state index in [0.717, 1.165) is 16.6 Å². The van der Waals surface area contributed by atoms with E-state index < -0.39 is 27.8 Å². The predicted octanol–water partition coefficient (Wildman–Crippen LogP) is 2.97. The third-order valence-corrected chi connectivity index (χ3v) is 6.31. The van der Waals surface area contributed by atoms with Gasteiger partial charge in [-0.3, -0.25) is 14.4 Å². The van der Waals surface area contributed by atoms with Gasteiger partial charge in [-0.05, 0) is 19.1 Å². The second-order valence-corrected chi connectivity index (χ2v) is 10.4. The highest BCUT2D eigenvalue weighted by molar-refractivity contribution is 8.01. The molecule has 0 aliphatic carbocycles. The first-order valence-electron chi connectivity index (χ1n) is 7.64. The van der Waals surface area contributed by atoms with E-state index in [4.69, 9.17) is 0 Å². The van der Waals surface area contributed by atoms with E-state index in [9.17, 15) is 17.6 Å². The van der Waals surface area contributed by atoms with Crippen molar-refractivity contribution in [3.8, 4) is 0 Å². The number of para-hydroxylation sites is 1. The molecule has 1 atom stereocenters. The minimum absolute atomic E-state index is 0.189. The van der Waals surface area contributed by atoms with E-state index >= 15 is 0 Å². The molecule has 2 rings (SSSR count). The summed E-state index contributed by atoms with van der Waals surface area (Å²) in [5.41, 5.74) is -0.189. The van der Waals surface area contributed by atoms with Crippen LogP contribution >= 0.6 is 23.1 Å². The van der Waals surface area contributed by atoms with Gasteiger partial charge in [0, 0.05) is 5.25 Å². The smallest absolute Gasteiger partial charge is 0.249 e. The van der Waals surface area contributed by atoms with Gasteiger partial charge in [0.05, 0.1) is 11.9 Å². The molecule has 1 heterocycles. The Morgan fingerprint density at radius 2 is 1.92 bits per heavy atom. The van der Waals surface area contributed by atoms with Gasteiger partial charge in [0.25, 0.3) is 0 Å². The number of anilines is 2. The molecule has 1 N–H and O–H groups in total. The summed E-state index contributed by atoms with van der Waals surface area (Å²) in [5.74, 6) is -1.36. The molecule has 142 valence electrons. The molecule has 0 radical (unpaired) electrons. The van der Waals surface area contributed by atoms with Crippen LogP contribution in [-0.4, -0.2) is 42.1 Å². The maximum atomic E-state index is 14.1. The fourth-order valence-electron chi connectivity index (χ4n) is 2.13. The summed E-state index contributed by atoms with van der Waals surface area (Å²) in [6, 6.07) is 4.22. The van der Waals surface area contributed by atoms with E-state index in [0.29, 0.717) is 9.59 Å². The third kappa shape index (κ3) is 5.15. The standard InChI is InChI=1S/C15H19FN4O3S3/c1-9(2)24-15-19-18-14(25-15)17-13(21)10(3)20(26(4,22)23)12-8-6-5-7-11(12)16/h5-10H,1-4H3,(H,17,18,21)/t10-/m1/s1. The first-order valence-corrected chi connectivity index (χ1v) is 11.2. The van der Waals surface area contributed by atoms with Gasteiger partial charge in [-0.2, -0.15) is 0 Å². The number of aromatic nitrogens is 2. The minimum Gasteiger partial charge on any atom is -0.299 e. The molecule has 1 aromatic heterocycles. The quantitative estimate of drug-likeness (QED) is 0.549. The number of thioether (sulfide) groups is 1. The molecule has 2 aromatic rings. The lowest BCUT2D eigenvalue weighted by Crippen LogP contribution is -2.45. The number of rotatable bonds is 7. The average molecular weight is 419 g/mol. The number of amides is 1. The molecule has 0 bridgehead atoms. The van der Waals surface area contributed by atoms with E-state index in [1.165, 1.54) is 48.2 Å². The fraction of sp³-hybridized carbons (Fsp3) is 0.400. The number of nitrogens with one attached hydrogen (secondary N) is 1. The maximum Gasteiger partial charge on any atom is 0.249 e. The molecule has 0 fully saturated rings. The normalized spacial score (nSPS) is 12.8. The highest BCUT2D eigenvalue weighted by Crippen LogP contribution is 2.29. The van der Waals surface area contributed by atoms with Crippen LogP contribution in [0.2, 0.25) is 0 Å². The monoisotopic (exact) mass is 418 g/mol. The van der Waals surface area contributed by atoms with Crippen molar-refractivity contribution in [1.82, 2.24) is 10.2 Å². The summed E-state index contributed by atoms with van der Waals surface area (Å²) in [4.78, 5) is 12.5. The molecular weight excluding hydrogens is 399 g/mol. The van der Waals surface area contributed by atoms with Gasteiger partial charge in [-0.15, -0.1) is 10.2 Å². The van der Waals surface area contributed by atoms with Crippen molar-refractivity contribution < 1.29 is 17.6 Å². The first-order chi connectivity index (χ1) is 12.1. The van der Waals surface area contributed by atoms with Gasteiger partial charge >= 0.3 is 0 Å². The lowest BCUT2D eigenvalue weighted by atomic mass is 10.2. The number of carbonyl (C=O) groups excluding carboxylic acids is 1. The average Bonchev–Trinajstić information content (AvgIpc) is 2.94. The molecule has 0 saturated carbocycles. The molecule has 0 saturated heterocycles.